The van der Waals surface area contributed by atoms with E-state index in [1.54, 1.807) is 47.4 Å². The van der Waals surface area contributed by atoms with E-state index < -0.39 is 0 Å². The largest absolute Gasteiger partial charge is 0.467 e. The van der Waals surface area contributed by atoms with Crippen molar-refractivity contribution in [2.45, 2.75) is 31.5 Å². The monoisotopic (exact) mass is 593 g/mol. The van der Waals surface area contributed by atoms with E-state index in [0.717, 1.165) is 17.3 Å². The number of anilines is 1. The molecule has 0 saturated carbocycles. The molecule has 2 aromatic heterocycles. The highest BCUT2D eigenvalue weighted by molar-refractivity contribution is 7.99. The van der Waals surface area contributed by atoms with E-state index in [1.807, 2.05) is 13.0 Å². The number of thioether (sulfide) groups is 1. The van der Waals surface area contributed by atoms with Gasteiger partial charge in [-0.2, -0.15) is 0 Å². The number of furan rings is 1. The molecule has 2 aromatic carbocycles. The molecule has 41 heavy (non-hydrogen) atoms. The first-order chi connectivity index (χ1) is 19.7. The summed E-state index contributed by atoms with van der Waals surface area (Å²) in [7, 11) is 0. The second kappa shape index (κ2) is 12.2. The number of rotatable bonds is 8. The SMILES string of the molecule is Cc1ccc(NC(=O)CSc2nc3cc(C(=O)N4CCC(C(N)=O)CC4)ccc3c(=O)n2Cc2ccco2)cc1Cl. The third kappa shape index (κ3) is 6.47. The Morgan fingerprint density at radius 1 is 1.15 bits per heavy atom. The Morgan fingerprint density at radius 2 is 1.93 bits per heavy atom. The molecule has 0 bridgehead atoms. The Hall–Kier alpha value is -4.09. The minimum absolute atomic E-state index is 0.0188. The lowest BCUT2D eigenvalue weighted by atomic mass is 9.96. The minimum atomic E-state index is -0.348. The summed E-state index contributed by atoms with van der Waals surface area (Å²) in [4.78, 5) is 57.4. The third-order valence-electron chi connectivity index (χ3n) is 7.03. The topological polar surface area (TPSA) is 141 Å². The van der Waals surface area contributed by atoms with Crippen LogP contribution < -0.4 is 16.6 Å². The minimum Gasteiger partial charge on any atom is -0.467 e. The number of benzene rings is 2. The quantitative estimate of drug-likeness (QED) is 0.232. The molecule has 10 nitrogen and oxygen atoms in total. The summed E-state index contributed by atoms with van der Waals surface area (Å²) in [5.41, 5.74) is 7.29. The van der Waals surface area contributed by atoms with E-state index in [9.17, 15) is 19.2 Å². The first kappa shape index (κ1) is 28.4. The fraction of sp³-hybridized carbons (Fsp3) is 0.276. The zero-order valence-corrected chi connectivity index (χ0v) is 23.8. The van der Waals surface area contributed by atoms with Gasteiger partial charge in [0.1, 0.15) is 5.76 Å². The lowest BCUT2D eigenvalue weighted by molar-refractivity contribution is -0.123. The van der Waals surface area contributed by atoms with E-state index >= 15 is 0 Å². The molecule has 4 aromatic rings. The van der Waals surface area contributed by atoms with Crippen molar-refractivity contribution < 1.29 is 18.8 Å². The Bertz CT molecular complexity index is 1680. The van der Waals surface area contributed by atoms with Gasteiger partial charge in [-0.15, -0.1) is 0 Å². The summed E-state index contributed by atoms with van der Waals surface area (Å²) in [6.07, 6.45) is 2.55. The zero-order chi connectivity index (χ0) is 29.1. The van der Waals surface area contributed by atoms with Crippen molar-refractivity contribution in [3.05, 3.63) is 87.1 Å². The summed E-state index contributed by atoms with van der Waals surface area (Å²) < 4.78 is 6.91. The number of hydrogen-bond acceptors (Lipinski definition) is 7. The maximum absolute atomic E-state index is 13.6. The number of aromatic nitrogens is 2. The van der Waals surface area contributed by atoms with E-state index in [4.69, 9.17) is 26.7 Å². The van der Waals surface area contributed by atoms with Gasteiger partial charge in [-0.25, -0.2) is 4.98 Å². The first-order valence-corrected chi connectivity index (χ1v) is 14.4. The smallest absolute Gasteiger partial charge is 0.262 e. The van der Waals surface area contributed by atoms with Gasteiger partial charge in [0.25, 0.3) is 11.5 Å². The Balaban J connectivity index is 1.41. The van der Waals surface area contributed by atoms with Gasteiger partial charge in [-0.3, -0.25) is 23.7 Å². The number of nitrogens with two attached hydrogens (primary N) is 1. The van der Waals surface area contributed by atoms with E-state index in [2.05, 4.69) is 5.32 Å². The van der Waals surface area contributed by atoms with Crippen LogP contribution in [0.15, 0.2) is 69.2 Å². The molecule has 1 saturated heterocycles. The molecule has 1 aliphatic rings. The van der Waals surface area contributed by atoms with Gasteiger partial charge in [0.2, 0.25) is 11.8 Å². The lowest BCUT2D eigenvalue weighted by Crippen LogP contribution is -2.41. The van der Waals surface area contributed by atoms with Crippen LogP contribution in [0.1, 0.15) is 34.5 Å². The molecule has 0 radical (unpaired) electrons. The summed E-state index contributed by atoms with van der Waals surface area (Å²) >= 11 is 7.28. The second-order valence-electron chi connectivity index (χ2n) is 9.87. The molecule has 0 aliphatic carbocycles. The van der Waals surface area contributed by atoms with Gasteiger partial charge in [-0.05, 0) is 67.8 Å². The summed E-state index contributed by atoms with van der Waals surface area (Å²) in [5, 5.41) is 4.00. The summed E-state index contributed by atoms with van der Waals surface area (Å²) in [5.74, 6) is -0.544. The van der Waals surface area contributed by atoms with E-state index in [0.29, 0.717) is 64.0 Å². The van der Waals surface area contributed by atoms with Gasteiger partial charge in [-0.1, -0.05) is 29.4 Å². The van der Waals surface area contributed by atoms with Crippen molar-refractivity contribution in [3.63, 3.8) is 0 Å². The fourth-order valence-corrected chi connectivity index (χ4v) is 5.67. The molecule has 3 amide bonds. The van der Waals surface area contributed by atoms with Gasteiger partial charge in [0.15, 0.2) is 5.16 Å². The normalized spacial score (nSPS) is 13.9. The number of fused-ring (bicyclic) bond motifs is 1. The lowest BCUT2D eigenvalue weighted by Gasteiger charge is -2.30. The first-order valence-electron chi connectivity index (χ1n) is 13.0. The number of nitrogens with zero attached hydrogens (tertiary/aromatic N) is 3. The van der Waals surface area contributed by atoms with Crippen LogP contribution in [0.3, 0.4) is 0 Å². The molecular formula is C29H28ClN5O5S. The van der Waals surface area contributed by atoms with Crippen LogP contribution in [0.4, 0.5) is 5.69 Å². The van der Waals surface area contributed by atoms with Crippen LogP contribution in [0.2, 0.25) is 5.02 Å². The summed E-state index contributed by atoms with van der Waals surface area (Å²) in [6, 6.07) is 13.5. The Kier molecular flexibility index (Phi) is 8.46. The fourth-order valence-electron chi connectivity index (χ4n) is 4.69. The highest BCUT2D eigenvalue weighted by atomic mass is 35.5. The predicted molar refractivity (Wildman–Crippen MR) is 157 cm³/mol. The molecule has 12 heteroatoms. The number of aryl methyl sites for hydroxylation is 1. The van der Waals surface area contributed by atoms with Gasteiger partial charge in [0.05, 0.1) is 29.5 Å². The molecule has 0 spiro atoms. The molecule has 3 heterocycles. The van der Waals surface area contributed by atoms with Crippen LogP contribution in [-0.4, -0.2) is 51.0 Å². The van der Waals surface area contributed by atoms with Crippen molar-refractivity contribution in [1.82, 2.24) is 14.5 Å². The standard InChI is InChI=1S/C29H28ClN5O5S/c1-17-4-6-20(14-23(17)30)32-25(36)16-41-29-33-24-13-19(27(38)34-10-8-18(9-11-34)26(31)37)5-7-22(24)28(39)35(29)15-21-3-2-12-40-21/h2-7,12-14,18H,8-11,15-16H2,1H3,(H2,31,37)(H,32,36). The predicted octanol–water partition coefficient (Wildman–Crippen LogP) is 4.07. The number of hydrogen-bond donors (Lipinski definition) is 2. The molecule has 5 rings (SSSR count). The third-order valence-corrected chi connectivity index (χ3v) is 8.42. The van der Waals surface area contributed by atoms with Crippen LogP contribution in [0.5, 0.6) is 0 Å². The van der Waals surface area contributed by atoms with Gasteiger partial charge < -0.3 is 20.4 Å². The zero-order valence-electron chi connectivity index (χ0n) is 22.3. The molecule has 0 unspecified atom stereocenters. The maximum Gasteiger partial charge on any atom is 0.262 e. The van der Waals surface area contributed by atoms with Crippen LogP contribution in [0, 0.1) is 12.8 Å². The van der Waals surface area contributed by atoms with Crippen molar-refractivity contribution in [2.75, 3.05) is 24.2 Å². The highest BCUT2D eigenvalue weighted by Crippen LogP contribution is 2.24. The molecule has 3 N–H and O–H groups in total. The molecule has 1 fully saturated rings. The van der Waals surface area contributed by atoms with E-state index in [1.165, 1.54) is 10.8 Å². The Morgan fingerprint density at radius 3 is 2.61 bits per heavy atom. The molecule has 212 valence electrons. The number of carbonyl (C=O) groups excluding carboxylic acids is 3. The van der Waals surface area contributed by atoms with Gasteiger partial charge >= 0.3 is 0 Å². The van der Waals surface area contributed by atoms with Gasteiger partial charge in [0, 0.05) is 35.3 Å². The number of likely N-dealkylation sites (tertiary alicyclic amines) is 1. The summed E-state index contributed by atoms with van der Waals surface area (Å²) in [6.45, 7) is 2.84. The van der Waals surface area contributed by atoms with E-state index in [-0.39, 0.29) is 41.5 Å². The number of nitrogens with one attached hydrogen (secondary N) is 1. The van der Waals surface area contributed by atoms with Crippen LogP contribution >= 0.6 is 23.4 Å². The number of piperidine rings is 1. The van der Waals surface area contributed by atoms with Crippen LogP contribution in [0.25, 0.3) is 10.9 Å². The number of halogens is 1. The van der Waals surface area contributed by atoms with Crippen molar-refractivity contribution in [2.24, 2.45) is 11.7 Å². The number of carbonyl (C=O) groups is 3. The van der Waals surface area contributed by atoms with Crippen molar-refractivity contribution >= 4 is 57.7 Å². The second-order valence-corrected chi connectivity index (χ2v) is 11.2. The molecule has 0 atom stereocenters. The number of amides is 3. The van der Waals surface area contributed by atoms with Crippen molar-refractivity contribution in [1.29, 1.82) is 0 Å². The number of primary amides is 1. The maximum atomic E-state index is 13.6. The highest BCUT2D eigenvalue weighted by Gasteiger charge is 2.27. The molecular weight excluding hydrogens is 566 g/mol. The average molecular weight is 594 g/mol. The van der Waals surface area contributed by atoms with Crippen molar-refractivity contribution in [3.8, 4) is 0 Å². The average Bonchev–Trinajstić information content (AvgIpc) is 3.48. The van der Waals surface area contributed by atoms with Crippen LogP contribution in [-0.2, 0) is 16.1 Å². The molecule has 1 aliphatic heterocycles. The Labute approximate surface area is 244 Å².